The molecular weight excluding hydrogens is 406 g/mol. The van der Waals surface area contributed by atoms with Crippen LogP contribution >= 0.6 is 0 Å². The highest BCUT2D eigenvalue weighted by Gasteiger charge is 2.25. The molecule has 4 heterocycles. The molecule has 2 aliphatic rings. The Kier molecular flexibility index (Phi) is 5.34. The van der Waals surface area contributed by atoms with Crippen molar-refractivity contribution in [3.8, 4) is 5.75 Å². The number of hydrogen-bond donors (Lipinski definition) is 0. The molecule has 0 spiro atoms. The van der Waals surface area contributed by atoms with E-state index in [2.05, 4.69) is 20.9 Å². The molecule has 1 fully saturated rings. The zero-order valence-electron chi connectivity index (χ0n) is 18.2. The van der Waals surface area contributed by atoms with Gasteiger partial charge in [-0.05, 0) is 43.7 Å². The summed E-state index contributed by atoms with van der Waals surface area (Å²) in [4.78, 5) is 30.2. The molecule has 0 atom stereocenters. The molecule has 1 amide bonds. The monoisotopic (exact) mass is 431 g/mol. The van der Waals surface area contributed by atoms with Crippen molar-refractivity contribution in [3.05, 3.63) is 71.6 Å². The van der Waals surface area contributed by atoms with Gasteiger partial charge in [-0.1, -0.05) is 6.07 Å². The Hall–Kier alpha value is -3.68. The minimum absolute atomic E-state index is 0.0747. The highest BCUT2D eigenvalue weighted by atomic mass is 16.5. The Morgan fingerprint density at radius 1 is 1.09 bits per heavy atom. The molecule has 1 aromatic carbocycles. The van der Waals surface area contributed by atoms with Crippen LogP contribution in [-0.4, -0.2) is 58.8 Å². The topological polar surface area (TPSA) is 84.1 Å². The van der Waals surface area contributed by atoms with Crippen LogP contribution in [0.3, 0.4) is 0 Å². The molecule has 8 nitrogen and oxygen atoms in total. The maximum atomic E-state index is 12.5. The van der Waals surface area contributed by atoms with E-state index in [1.54, 1.807) is 18.5 Å². The Balaban J connectivity index is 1.31. The standard InChI is InChI=1S/C24H25N5O3/c1-16(2)32-18-6-5-17-14-25-23(19(17)12-18)20-13-22(27-15-26-20)28-7-9-29(10-8-28)24(30)21-4-3-11-31-21/h3-6,11-13,15-16H,7-10,14H2,1-2H3. The summed E-state index contributed by atoms with van der Waals surface area (Å²) in [6.45, 7) is 7.27. The molecule has 8 heteroatoms. The zero-order valence-corrected chi connectivity index (χ0v) is 18.2. The average Bonchev–Trinajstić information content (AvgIpc) is 3.49. The van der Waals surface area contributed by atoms with Crippen LogP contribution < -0.4 is 9.64 Å². The van der Waals surface area contributed by atoms with Gasteiger partial charge in [-0.25, -0.2) is 9.97 Å². The summed E-state index contributed by atoms with van der Waals surface area (Å²) in [6.07, 6.45) is 3.21. The number of piperazine rings is 1. The fourth-order valence-electron chi connectivity index (χ4n) is 4.07. The summed E-state index contributed by atoms with van der Waals surface area (Å²) in [5, 5.41) is 0. The van der Waals surface area contributed by atoms with Crippen LogP contribution in [0.25, 0.3) is 0 Å². The molecule has 3 aromatic rings. The number of rotatable bonds is 5. The van der Waals surface area contributed by atoms with Crippen LogP contribution in [0.15, 0.2) is 58.4 Å². The van der Waals surface area contributed by atoms with Crippen LogP contribution in [-0.2, 0) is 6.54 Å². The van der Waals surface area contributed by atoms with Crippen molar-refractivity contribution < 1.29 is 13.9 Å². The second-order valence-electron chi connectivity index (χ2n) is 8.17. The number of furan rings is 1. The van der Waals surface area contributed by atoms with Gasteiger partial charge >= 0.3 is 0 Å². The minimum Gasteiger partial charge on any atom is -0.491 e. The Bertz CT molecular complexity index is 1150. The summed E-state index contributed by atoms with van der Waals surface area (Å²) in [6, 6.07) is 11.5. The number of benzene rings is 1. The van der Waals surface area contributed by atoms with Gasteiger partial charge in [-0.2, -0.15) is 0 Å². The van der Waals surface area contributed by atoms with E-state index in [1.807, 2.05) is 36.9 Å². The first-order chi connectivity index (χ1) is 15.6. The van der Waals surface area contributed by atoms with Gasteiger partial charge < -0.3 is 19.0 Å². The number of ether oxygens (including phenoxy) is 1. The molecule has 164 valence electrons. The average molecular weight is 431 g/mol. The lowest BCUT2D eigenvalue weighted by atomic mass is 10.0. The maximum Gasteiger partial charge on any atom is 0.289 e. The lowest BCUT2D eigenvalue weighted by Crippen LogP contribution is -2.49. The number of aromatic nitrogens is 2. The molecule has 0 radical (unpaired) electrons. The molecule has 0 saturated carbocycles. The van der Waals surface area contributed by atoms with E-state index in [0.29, 0.717) is 38.5 Å². The van der Waals surface area contributed by atoms with Gasteiger partial charge in [0.25, 0.3) is 5.91 Å². The number of amides is 1. The van der Waals surface area contributed by atoms with E-state index in [-0.39, 0.29) is 12.0 Å². The number of carbonyl (C=O) groups is 1. The summed E-state index contributed by atoms with van der Waals surface area (Å²) >= 11 is 0. The van der Waals surface area contributed by atoms with Gasteiger partial charge in [0.1, 0.15) is 17.9 Å². The minimum atomic E-state index is -0.0747. The van der Waals surface area contributed by atoms with Gasteiger partial charge in [0.05, 0.1) is 30.3 Å². The number of hydrogen-bond acceptors (Lipinski definition) is 7. The molecule has 0 aliphatic carbocycles. The summed E-state index contributed by atoms with van der Waals surface area (Å²) in [5.74, 6) is 1.97. The number of fused-ring (bicyclic) bond motifs is 1. The SMILES string of the molecule is CC(C)Oc1ccc2c(c1)C(c1cc(N3CCN(C(=O)c4ccco4)CC3)ncn1)=NC2. The predicted molar refractivity (Wildman–Crippen MR) is 120 cm³/mol. The Morgan fingerprint density at radius 3 is 2.69 bits per heavy atom. The molecule has 5 rings (SSSR count). The van der Waals surface area contributed by atoms with E-state index in [4.69, 9.17) is 14.1 Å². The largest absolute Gasteiger partial charge is 0.491 e. The fraction of sp³-hybridized carbons (Fsp3) is 0.333. The third kappa shape index (κ3) is 3.95. The molecule has 32 heavy (non-hydrogen) atoms. The summed E-state index contributed by atoms with van der Waals surface area (Å²) in [7, 11) is 0. The number of carbonyl (C=O) groups excluding carboxylic acids is 1. The van der Waals surface area contributed by atoms with Gasteiger partial charge in [0, 0.05) is 37.8 Å². The normalized spacial score (nSPS) is 15.7. The lowest BCUT2D eigenvalue weighted by molar-refractivity contribution is 0.0714. The van der Waals surface area contributed by atoms with Crippen molar-refractivity contribution in [3.63, 3.8) is 0 Å². The maximum absolute atomic E-state index is 12.5. The number of anilines is 1. The van der Waals surface area contributed by atoms with Crippen LogP contribution in [0.1, 0.15) is 41.2 Å². The Morgan fingerprint density at radius 2 is 1.94 bits per heavy atom. The van der Waals surface area contributed by atoms with Gasteiger partial charge in [-0.15, -0.1) is 0 Å². The van der Waals surface area contributed by atoms with E-state index in [1.165, 1.54) is 11.8 Å². The van der Waals surface area contributed by atoms with Gasteiger partial charge in [-0.3, -0.25) is 9.79 Å². The molecule has 0 bridgehead atoms. The molecule has 1 saturated heterocycles. The quantitative estimate of drug-likeness (QED) is 0.617. The van der Waals surface area contributed by atoms with E-state index in [0.717, 1.165) is 28.5 Å². The third-order valence-corrected chi connectivity index (χ3v) is 5.63. The second-order valence-corrected chi connectivity index (χ2v) is 8.17. The van der Waals surface area contributed by atoms with Crippen LogP contribution in [0.2, 0.25) is 0 Å². The van der Waals surface area contributed by atoms with Crippen molar-refractivity contribution in [2.24, 2.45) is 4.99 Å². The van der Waals surface area contributed by atoms with Gasteiger partial charge in [0.2, 0.25) is 0 Å². The first-order valence-electron chi connectivity index (χ1n) is 10.8. The molecule has 0 N–H and O–H groups in total. The summed E-state index contributed by atoms with van der Waals surface area (Å²) in [5.41, 5.74) is 3.89. The van der Waals surface area contributed by atoms with E-state index >= 15 is 0 Å². The van der Waals surface area contributed by atoms with E-state index < -0.39 is 0 Å². The predicted octanol–water partition coefficient (Wildman–Crippen LogP) is 3.17. The molecule has 0 unspecified atom stereocenters. The smallest absolute Gasteiger partial charge is 0.289 e. The second kappa shape index (κ2) is 8.45. The van der Waals surface area contributed by atoms with E-state index in [9.17, 15) is 4.79 Å². The lowest BCUT2D eigenvalue weighted by Gasteiger charge is -2.35. The molecular formula is C24H25N5O3. The van der Waals surface area contributed by atoms with Crippen LogP contribution in [0.4, 0.5) is 5.82 Å². The number of nitrogens with zero attached hydrogens (tertiary/aromatic N) is 5. The van der Waals surface area contributed by atoms with Crippen LogP contribution in [0, 0.1) is 0 Å². The fourth-order valence-corrected chi connectivity index (χ4v) is 4.07. The van der Waals surface area contributed by atoms with Crippen molar-refractivity contribution >= 4 is 17.4 Å². The first kappa shape index (κ1) is 20.2. The molecule has 2 aliphatic heterocycles. The highest BCUT2D eigenvalue weighted by Crippen LogP contribution is 2.28. The van der Waals surface area contributed by atoms with Crippen molar-refractivity contribution in [2.75, 3.05) is 31.1 Å². The summed E-state index contributed by atoms with van der Waals surface area (Å²) < 4.78 is 11.1. The highest BCUT2D eigenvalue weighted by molar-refractivity contribution is 6.14. The Labute approximate surface area is 186 Å². The van der Waals surface area contributed by atoms with Crippen LogP contribution in [0.5, 0.6) is 5.75 Å². The number of aliphatic imine (C=N–C) groups is 1. The van der Waals surface area contributed by atoms with Crippen molar-refractivity contribution in [2.45, 2.75) is 26.5 Å². The first-order valence-corrected chi connectivity index (χ1v) is 10.8. The molecule has 2 aromatic heterocycles. The van der Waals surface area contributed by atoms with Gasteiger partial charge in [0.15, 0.2) is 5.76 Å². The zero-order chi connectivity index (χ0) is 22.1. The van der Waals surface area contributed by atoms with Crippen molar-refractivity contribution in [1.82, 2.24) is 14.9 Å². The third-order valence-electron chi connectivity index (χ3n) is 5.63. The van der Waals surface area contributed by atoms with Crippen molar-refractivity contribution in [1.29, 1.82) is 0 Å².